The summed E-state index contributed by atoms with van der Waals surface area (Å²) >= 11 is 0. The van der Waals surface area contributed by atoms with Gasteiger partial charge in [-0.05, 0) is 73.4 Å². The smallest absolute Gasteiger partial charge is 0.0600 e. The van der Waals surface area contributed by atoms with Crippen LogP contribution in [0.1, 0.15) is 54.4 Å². The highest BCUT2D eigenvalue weighted by atomic mass is 16.5. The molecule has 1 N–H and O–H groups in total. The molecule has 0 aromatic heterocycles. The summed E-state index contributed by atoms with van der Waals surface area (Å²) in [6.45, 7) is 18.6. The van der Waals surface area contributed by atoms with Crippen LogP contribution in [0.25, 0.3) is 0 Å². The average molecular weight is 270 g/mol. The van der Waals surface area contributed by atoms with Crippen molar-refractivity contribution in [1.29, 1.82) is 0 Å². The molecule has 0 bridgehead atoms. The van der Waals surface area contributed by atoms with Crippen molar-refractivity contribution < 1.29 is 4.74 Å². The van der Waals surface area contributed by atoms with Crippen LogP contribution in [0.2, 0.25) is 0 Å². The zero-order valence-corrected chi connectivity index (χ0v) is 13.9. The van der Waals surface area contributed by atoms with Gasteiger partial charge in [-0.15, -0.1) is 0 Å². The lowest BCUT2D eigenvalue weighted by molar-refractivity contribution is -0.0171. The predicted octanol–water partition coefficient (Wildman–Crippen LogP) is 2.90. The number of ether oxygens (including phenoxy) is 1. The van der Waals surface area contributed by atoms with Crippen LogP contribution in [0.15, 0.2) is 0 Å². The summed E-state index contributed by atoms with van der Waals surface area (Å²) in [7, 11) is 0. The molecule has 1 atom stereocenters. The minimum Gasteiger partial charge on any atom is -0.375 e. The molecular formula is C16H34N2O. The number of nitrogens with zero attached hydrogens (tertiary/aromatic N) is 1. The number of hydrogen-bond acceptors (Lipinski definition) is 3. The molecule has 0 radical (unpaired) electrons. The second kappa shape index (κ2) is 7.05. The molecule has 1 aliphatic heterocycles. The van der Waals surface area contributed by atoms with E-state index in [4.69, 9.17) is 4.74 Å². The van der Waals surface area contributed by atoms with Crippen molar-refractivity contribution in [2.75, 3.05) is 32.8 Å². The van der Waals surface area contributed by atoms with E-state index in [1.54, 1.807) is 0 Å². The number of likely N-dealkylation sites (tertiary alicyclic amines) is 1. The fourth-order valence-electron chi connectivity index (χ4n) is 2.45. The van der Waals surface area contributed by atoms with Crippen LogP contribution in [0.3, 0.4) is 0 Å². The molecule has 0 aromatic carbocycles. The van der Waals surface area contributed by atoms with Gasteiger partial charge in [-0.25, -0.2) is 0 Å². The molecule has 1 unspecified atom stereocenters. The lowest BCUT2D eigenvalue weighted by atomic mass is 9.96. The Hall–Kier alpha value is -0.120. The van der Waals surface area contributed by atoms with E-state index in [0.717, 1.165) is 25.6 Å². The van der Waals surface area contributed by atoms with E-state index in [-0.39, 0.29) is 11.1 Å². The first-order valence-corrected chi connectivity index (χ1v) is 7.77. The standard InChI is InChI=1S/C16H34N2O/c1-15(2,3)17-12-14-8-7-9-18(13-14)10-11-19-16(4,5)6/h14,17H,7-13H2,1-6H3. The van der Waals surface area contributed by atoms with E-state index in [0.29, 0.717) is 0 Å². The van der Waals surface area contributed by atoms with Crippen molar-refractivity contribution in [2.24, 2.45) is 5.92 Å². The highest BCUT2D eigenvalue weighted by molar-refractivity contribution is 4.78. The molecule has 114 valence electrons. The van der Waals surface area contributed by atoms with Gasteiger partial charge in [0, 0.05) is 18.6 Å². The van der Waals surface area contributed by atoms with E-state index < -0.39 is 0 Å². The zero-order valence-electron chi connectivity index (χ0n) is 13.9. The third kappa shape index (κ3) is 8.61. The fourth-order valence-corrected chi connectivity index (χ4v) is 2.45. The van der Waals surface area contributed by atoms with Crippen molar-refractivity contribution in [2.45, 2.75) is 65.5 Å². The highest BCUT2D eigenvalue weighted by Gasteiger charge is 2.21. The van der Waals surface area contributed by atoms with Gasteiger partial charge < -0.3 is 15.0 Å². The van der Waals surface area contributed by atoms with E-state index in [1.807, 2.05) is 0 Å². The summed E-state index contributed by atoms with van der Waals surface area (Å²) in [5, 5.41) is 3.63. The van der Waals surface area contributed by atoms with Crippen LogP contribution in [-0.4, -0.2) is 48.8 Å². The topological polar surface area (TPSA) is 24.5 Å². The molecule has 1 rings (SSSR count). The number of hydrogen-bond donors (Lipinski definition) is 1. The molecule has 0 amide bonds. The number of rotatable bonds is 5. The molecule has 0 aromatic rings. The molecule has 1 fully saturated rings. The van der Waals surface area contributed by atoms with Crippen LogP contribution < -0.4 is 5.32 Å². The molecule has 0 saturated carbocycles. The van der Waals surface area contributed by atoms with Gasteiger partial charge in [-0.2, -0.15) is 0 Å². The number of nitrogens with one attached hydrogen (secondary N) is 1. The van der Waals surface area contributed by atoms with Crippen LogP contribution >= 0.6 is 0 Å². The van der Waals surface area contributed by atoms with Crippen LogP contribution in [0.4, 0.5) is 0 Å². The summed E-state index contributed by atoms with van der Waals surface area (Å²) in [6, 6.07) is 0. The molecular weight excluding hydrogens is 236 g/mol. The van der Waals surface area contributed by atoms with Crippen LogP contribution in [0, 0.1) is 5.92 Å². The molecule has 19 heavy (non-hydrogen) atoms. The molecule has 0 aliphatic carbocycles. The van der Waals surface area contributed by atoms with Gasteiger partial charge in [0.25, 0.3) is 0 Å². The minimum atomic E-state index is -0.0109. The van der Waals surface area contributed by atoms with E-state index in [1.165, 1.54) is 25.9 Å². The Morgan fingerprint density at radius 2 is 1.84 bits per heavy atom. The summed E-state index contributed by atoms with van der Waals surface area (Å²) in [6.07, 6.45) is 2.69. The van der Waals surface area contributed by atoms with Gasteiger partial charge in [0.1, 0.15) is 0 Å². The minimum absolute atomic E-state index is 0.0109. The van der Waals surface area contributed by atoms with Gasteiger partial charge >= 0.3 is 0 Å². The Kier molecular flexibility index (Phi) is 6.28. The first-order valence-electron chi connectivity index (χ1n) is 7.77. The van der Waals surface area contributed by atoms with Crippen molar-refractivity contribution in [3.8, 4) is 0 Å². The van der Waals surface area contributed by atoms with Gasteiger partial charge in [-0.1, -0.05) is 0 Å². The summed E-state index contributed by atoms with van der Waals surface area (Å²) < 4.78 is 5.82. The monoisotopic (exact) mass is 270 g/mol. The fraction of sp³-hybridized carbons (Fsp3) is 1.00. The molecule has 1 aliphatic rings. The van der Waals surface area contributed by atoms with Crippen molar-refractivity contribution in [1.82, 2.24) is 10.2 Å². The van der Waals surface area contributed by atoms with Crippen molar-refractivity contribution >= 4 is 0 Å². The van der Waals surface area contributed by atoms with Gasteiger partial charge in [0.05, 0.1) is 12.2 Å². The highest BCUT2D eigenvalue weighted by Crippen LogP contribution is 2.17. The summed E-state index contributed by atoms with van der Waals surface area (Å²) in [5.74, 6) is 0.794. The molecule has 0 spiro atoms. The Bertz CT molecular complexity index is 252. The Balaban J connectivity index is 2.22. The Labute approximate surface area is 120 Å². The normalized spacial score (nSPS) is 22.7. The summed E-state index contributed by atoms with van der Waals surface area (Å²) in [4.78, 5) is 2.56. The predicted molar refractivity (Wildman–Crippen MR) is 82.6 cm³/mol. The SMILES string of the molecule is CC(C)(C)NCC1CCCN(CCOC(C)(C)C)C1. The third-order valence-corrected chi connectivity index (χ3v) is 3.47. The largest absolute Gasteiger partial charge is 0.375 e. The maximum Gasteiger partial charge on any atom is 0.0600 e. The van der Waals surface area contributed by atoms with Crippen LogP contribution in [0.5, 0.6) is 0 Å². The quantitative estimate of drug-likeness (QED) is 0.831. The van der Waals surface area contributed by atoms with Crippen LogP contribution in [-0.2, 0) is 4.74 Å². The third-order valence-electron chi connectivity index (χ3n) is 3.47. The second-order valence-corrected chi connectivity index (χ2v) is 7.90. The Morgan fingerprint density at radius 1 is 1.16 bits per heavy atom. The molecule has 1 saturated heterocycles. The Morgan fingerprint density at radius 3 is 2.42 bits per heavy atom. The second-order valence-electron chi connectivity index (χ2n) is 7.90. The van der Waals surface area contributed by atoms with E-state index in [2.05, 4.69) is 51.8 Å². The van der Waals surface area contributed by atoms with Crippen molar-refractivity contribution in [3.63, 3.8) is 0 Å². The molecule has 1 heterocycles. The van der Waals surface area contributed by atoms with Crippen molar-refractivity contribution in [3.05, 3.63) is 0 Å². The zero-order chi connectivity index (χ0) is 14.5. The average Bonchev–Trinajstić information content (AvgIpc) is 2.24. The van der Waals surface area contributed by atoms with E-state index in [9.17, 15) is 0 Å². The first-order chi connectivity index (χ1) is 8.66. The lowest BCUT2D eigenvalue weighted by Crippen LogP contribution is -2.45. The maximum absolute atomic E-state index is 5.82. The maximum atomic E-state index is 5.82. The molecule has 3 nitrogen and oxygen atoms in total. The van der Waals surface area contributed by atoms with Gasteiger partial charge in [0.2, 0.25) is 0 Å². The van der Waals surface area contributed by atoms with Gasteiger partial charge in [-0.3, -0.25) is 0 Å². The first kappa shape index (κ1) is 16.9. The lowest BCUT2D eigenvalue weighted by Gasteiger charge is -2.35. The molecule has 3 heteroatoms. The number of piperidine rings is 1. The summed E-state index contributed by atoms with van der Waals surface area (Å²) in [5.41, 5.74) is 0.223. The van der Waals surface area contributed by atoms with Gasteiger partial charge in [0.15, 0.2) is 0 Å². The van der Waals surface area contributed by atoms with E-state index >= 15 is 0 Å².